The van der Waals surface area contributed by atoms with Crippen molar-refractivity contribution in [3.63, 3.8) is 0 Å². The molecular formula is C53H33N3O. The molecule has 0 aliphatic heterocycles. The first kappa shape index (κ1) is 31.6. The molecule has 12 aromatic rings. The number of aromatic nitrogens is 3. The lowest BCUT2D eigenvalue weighted by Gasteiger charge is -2.15. The molecule has 0 amide bonds. The van der Waals surface area contributed by atoms with Crippen LogP contribution >= 0.6 is 0 Å². The van der Waals surface area contributed by atoms with Gasteiger partial charge in [0.2, 0.25) is 0 Å². The Morgan fingerprint density at radius 2 is 0.877 bits per heavy atom. The lowest BCUT2D eigenvalue weighted by molar-refractivity contribution is 0.666. The average Bonchev–Trinajstić information content (AvgIpc) is 3.95. The zero-order chi connectivity index (χ0) is 37.5. The first-order valence-electron chi connectivity index (χ1n) is 19.4. The number of fused-ring (bicyclic) bond motifs is 10. The van der Waals surface area contributed by atoms with Crippen LogP contribution in [0.25, 0.3) is 111 Å². The van der Waals surface area contributed by atoms with E-state index < -0.39 is 0 Å². The zero-order valence-corrected chi connectivity index (χ0v) is 30.8. The van der Waals surface area contributed by atoms with E-state index in [0.717, 1.165) is 77.9 Å². The van der Waals surface area contributed by atoms with Crippen LogP contribution in [0.2, 0.25) is 0 Å². The minimum Gasteiger partial charge on any atom is -0.454 e. The molecule has 8 aromatic carbocycles. The van der Waals surface area contributed by atoms with Gasteiger partial charge in [-0.05, 0) is 58.7 Å². The Hall–Kier alpha value is -7.69. The fourth-order valence-electron chi connectivity index (χ4n) is 8.94. The summed E-state index contributed by atoms with van der Waals surface area (Å²) >= 11 is 0. The van der Waals surface area contributed by atoms with Crippen LogP contribution in [0.4, 0.5) is 0 Å². The largest absolute Gasteiger partial charge is 0.454 e. The fraction of sp³-hybridized carbons (Fsp3) is 0. The monoisotopic (exact) mass is 727 g/mol. The van der Waals surface area contributed by atoms with Crippen LogP contribution in [0, 0.1) is 0 Å². The van der Waals surface area contributed by atoms with E-state index in [4.69, 9.17) is 9.40 Å². The predicted molar refractivity (Wildman–Crippen MR) is 237 cm³/mol. The molecule has 0 atom stereocenters. The first-order chi connectivity index (χ1) is 28.3. The van der Waals surface area contributed by atoms with Crippen molar-refractivity contribution in [1.29, 1.82) is 0 Å². The van der Waals surface area contributed by atoms with Gasteiger partial charge in [0.1, 0.15) is 11.4 Å². The van der Waals surface area contributed by atoms with Crippen molar-refractivity contribution in [1.82, 2.24) is 14.1 Å². The van der Waals surface area contributed by atoms with Crippen molar-refractivity contribution in [2.45, 2.75) is 0 Å². The van der Waals surface area contributed by atoms with Crippen molar-refractivity contribution in [2.24, 2.45) is 0 Å². The van der Waals surface area contributed by atoms with E-state index in [9.17, 15) is 0 Å². The third-order valence-corrected chi connectivity index (χ3v) is 11.5. The molecule has 4 heterocycles. The number of benzene rings is 8. The molecule has 4 aromatic heterocycles. The van der Waals surface area contributed by atoms with Gasteiger partial charge in [0.25, 0.3) is 0 Å². The summed E-state index contributed by atoms with van der Waals surface area (Å²) in [7, 11) is 0. The Morgan fingerprint density at radius 1 is 0.351 bits per heavy atom. The second-order valence-corrected chi connectivity index (χ2v) is 14.7. The average molecular weight is 728 g/mol. The molecule has 0 saturated carbocycles. The summed E-state index contributed by atoms with van der Waals surface area (Å²) in [5.74, 6) is 0.857. The van der Waals surface area contributed by atoms with Gasteiger partial charge in [-0.25, -0.2) is 4.98 Å². The number of hydrogen-bond donors (Lipinski definition) is 0. The lowest BCUT2D eigenvalue weighted by Crippen LogP contribution is -2.02. The van der Waals surface area contributed by atoms with Crippen LogP contribution in [0.1, 0.15) is 0 Å². The standard InChI is InChI=1S/C53H33N3O/c1-3-14-34(15-4-1)35-26-28-36(29-27-35)38-32-45(37-16-5-2-6-17-37)54-50(33-38)56-47-23-11-8-19-40(47)43-31-30-42-39-18-7-10-22-46(39)55(51(42)52(43)56)48-24-13-21-44-41-20-9-12-25-49(41)57-53(44)48/h1-33H. The minimum absolute atomic E-state index is 0.857. The first-order valence-corrected chi connectivity index (χ1v) is 19.4. The Bertz CT molecular complexity index is 3500. The van der Waals surface area contributed by atoms with E-state index in [0.29, 0.717) is 0 Å². The second kappa shape index (κ2) is 12.4. The van der Waals surface area contributed by atoms with Crippen molar-refractivity contribution in [3.05, 3.63) is 200 Å². The molecule has 266 valence electrons. The number of nitrogens with zero attached hydrogens (tertiary/aromatic N) is 3. The van der Waals surface area contributed by atoms with E-state index in [1.54, 1.807) is 0 Å². The fourth-order valence-corrected chi connectivity index (χ4v) is 8.94. The summed E-state index contributed by atoms with van der Waals surface area (Å²) in [6.07, 6.45) is 0. The third-order valence-electron chi connectivity index (χ3n) is 11.5. The summed E-state index contributed by atoms with van der Waals surface area (Å²) in [6.45, 7) is 0. The predicted octanol–water partition coefficient (Wildman–Crippen LogP) is 14.2. The zero-order valence-electron chi connectivity index (χ0n) is 30.8. The summed E-state index contributed by atoms with van der Waals surface area (Å²) in [4.78, 5) is 5.51. The maximum absolute atomic E-state index is 6.72. The third kappa shape index (κ3) is 4.84. The molecule has 57 heavy (non-hydrogen) atoms. The number of hydrogen-bond acceptors (Lipinski definition) is 2. The lowest BCUT2D eigenvalue weighted by atomic mass is 9.99. The maximum Gasteiger partial charge on any atom is 0.159 e. The highest BCUT2D eigenvalue weighted by atomic mass is 16.3. The molecule has 0 saturated heterocycles. The van der Waals surface area contributed by atoms with Crippen LogP contribution in [-0.4, -0.2) is 14.1 Å². The Balaban J connectivity index is 1.19. The van der Waals surface area contributed by atoms with Gasteiger partial charge in [-0.3, -0.25) is 4.57 Å². The van der Waals surface area contributed by atoms with E-state index in [-0.39, 0.29) is 0 Å². The van der Waals surface area contributed by atoms with Crippen molar-refractivity contribution in [3.8, 4) is 45.0 Å². The quantitative estimate of drug-likeness (QED) is 0.177. The topological polar surface area (TPSA) is 35.9 Å². The molecule has 0 radical (unpaired) electrons. The Labute approximate surface area is 328 Å². The van der Waals surface area contributed by atoms with E-state index >= 15 is 0 Å². The summed E-state index contributed by atoms with van der Waals surface area (Å²) in [6, 6.07) is 71.3. The van der Waals surface area contributed by atoms with Crippen molar-refractivity contribution < 1.29 is 4.42 Å². The number of rotatable bonds is 5. The minimum atomic E-state index is 0.857. The van der Waals surface area contributed by atoms with E-state index in [1.807, 2.05) is 6.07 Å². The van der Waals surface area contributed by atoms with Gasteiger partial charge in [-0.1, -0.05) is 164 Å². The molecule has 0 unspecified atom stereocenters. The number of para-hydroxylation sites is 4. The van der Waals surface area contributed by atoms with Crippen LogP contribution in [0.15, 0.2) is 205 Å². The summed E-state index contributed by atoms with van der Waals surface area (Å²) < 4.78 is 11.5. The van der Waals surface area contributed by atoms with Crippen LogP contribution in [-0.2, 0) is 0 Å². The van der Waals surface area contributed by atoms with Gasteiger partial charge < -0.3 is 8.98 Å². The summed E-state index contributed by atoms with van der Waals surface area (Å²) in [5, 5.41) is 6.91. The van der Waals surface area contributed by atoms with Crippen molar-refractivity contribution in [2.75, 3.05) is 0 Å². The molecule has 0 fully saturated rings. The molecule has 12 rings (SSSR count). The van der Waals surface area contributed by atoms with Crippen LogP contribution < -0.4 is 0 Å². The van der Waals surface area contributed by atoms with Gasteiger partial charge >= 0.3 is 0 Å². The molecule has 0 spiro atoms. The SMILES string of the molecule is c1ccc(-c2ccc(-c3cc(-c4ccccc4)nc(-n4c5ccccc5c5ccc6c7ccccc7n(-c7cccc8c7oc7ccccc78)c6c54)c3)cc2)cc1. The Kier molecular flexibility index (Phi) is 6.89. The second-order valence-electron chi connectivity index (χ2n) is 14.7. The van der Waals surface area contributed by atoms with E-state index in [2.05, 4.69) is 203 Å². The molecule has 0 bridgehead atoms. The van der Waals surface area contributed by atoms with Crippen LogP contribution in [0.3, 0.4) is 0 Å². The highest BCUT2D eigenvalue weighted by Crippen LogP contribution is 2.44. The maximum atomic E-state index is 6.72. The molecule has 4 nitrogen and oxygen atoms in total. The summed E-state index contributed by atoms with van der Waals surface area (Å²) in [5.41, 5.74) is 13.8. The molecule has 0 aliphatic carbocycles. The van der Waals surface area contributed by atoms with Gasteiger partial charge in [0, 0.05) is 37.9 Å². The number of pyridine rings is 1. The van der Waals surface area contributed by atoms with Crippen LogP contribution in [0.5, 0.6) is 0 Å². The molecule has 0 aliphatic rings. The smallest absolute Gasteiger partial charge is 0.159 e. The van der Waals surface area contributed by atoms with Gasteiger partial charge in [-0.15, -0.1) is 0 Å². The van der Waals surface area contributed by atoms with E-state index in [1.165, 1.54) is 32.7 Å². The highest BCUT2D eigenvalue weighted by Gasteiger charge is 2.24. The number of furan rings is 1. The van der Waals surface area contributed by atoms with Gasteiger partial charge in [-0.2, -0.15) is 0 Å². The molecular weight excluding hydrogens is 695 g/mol. The highest BCUT2D eigenvalue weighted by molar-refractivity contribution is 6.24. The van der Waals surface area contributed by atoms with Gasteiger partial charge in [0.15, 0.2) is 5.58 Å². The molecule has 4 heteroatoms. The van der Waals surface area contributed by atoms with Gasteiger partial charge in [0.05, 0.1) is 33.4 Å². The molecule has 0 N–H and O–H groups in total. The normalized spacial score (nSPS) is 11.9. The Morgan fingerprint density at radius 3 is 1.58 bits per heavy atom. The van der Waals surface area contributed by atoms with Crippen molar-refractivity contribution >= 4 is 65.6 Å².